The minimum absolute atomic E-state index is 0.0828. The summed E-state index contributed by atoms with van der Waals surface area (Å²) < 4.78 is 0. The van der Waals surface area contributed by atoms with Crippen LogP contribution in [0.3, 0.4) is 0 Å². The Morgan fingerprint density at radius 3 is 2.62 bits per heavy atom. The van der Waals surface area contributed by atoms with E-state index < -0.39 is 11.1 Å². The van der Waals surface area contributed by atoms with Crippen LogP contribution in [0.2, 0.25) is 0 Å². The molecule has 0 aromatic carbocycles. The van der Waals surface area contributed by atoms with Crippen molar-refractivity contribution in [1.29, 1.82) is 0 Å². The molecule has 0 aliphatic rings. The van der Waals surface area contributed by atoms with E-state index in [0.29, 0.717) is 13.0 Å². The van der Waals surface area contributed by atoms with E-state index >= 15 is 0 Å². The number of nitrogens with one attached hydrogen (secondary N) is 2. The molecule has 0 radical (unpaired) electrons. The quantitative estimate of drug-likeness (QED) is 0.356. The number of hydrogen-bond donors (Lipinski definition) is 2. The van der Waals surface area contributed by atoms with Gasteiger partial charge in [0.1, 0.15) is 0 Å². The summed E-state index contributed by atoms with van der Waals surface area (Å²) in [7, 11) is 1.45. The standard InChI is InChI=1S/C6H14N4O3/c1-3-4-9(10(12)13)5-8-6(11)7-2/h3-5H2,1-2H3,(H2,7,8,11). The Hall–Kier alpha value is -1.53. The van der Waals surface area contributed by atoms with Crippen molar-refractivity contribution in [2.24, 2.45) is 0 Å². The normalized spacial score (nSPS) is 9.08. The molecule has 0 bridgehead atoms. The van der Waals surface area contributed by atoms with Gasteiger partial charge in [-0.25, -0.2) is 14.9 Å². The number of nitro groups is 1. The predicted molar refractivity (Wildman–Crippen MR) is 46.4 cm³/mol. The zero-order valence-electron chi connectivity index (χ0n) is 7.74. The minimum Gasteiger partial charge on any atom is -0.341 e. The highest BCUT2D eigenvalue weighted by Crippen LogP contribution is 1.88. The van der Waals surface area contributed by atoms with E-state index in [4.69, 9.17) is 0 Å². The number of carbonyl (C=O) groups is 1. The molecule has 0 atom stereocenters. The molecule has 0 spiro atoms. The molecule has 7 nitrogen and oxygen atoms in total. The van der Waals surface area contributed by atoms with Gasteiger partial charge in [0, 0.05) is 7.05 Å². The molecule has 7 heteroatoms. The first kappa shape index (κ1) is 11.5. The molecule has 2 amide bonds. The Kier molecular flexibility index (Phi) is 5.33. The van der Waals surface area contributed by atoms with Crippen LogP contribution in [0.1, 0.15) is 13.3 Å². The van der Waals surface area contributed by atoms with Gasteiger partial charge >= 0.3 is 6.03 Å². The summed E-state index contributed by atoms with van der Waals surface area (Å²) in [6.07, 6.45) is 0.663. The second kappa shape index (κ2) is 6.04. The molecule has 0 aromatic rings. The van der Waals surface area contributed by atoms with Gasteiger partial charge < -0.3 is 10.6 Å². The van der Waals surface area contributed by atoms with Crippen molar-refractivity contribution in [2.45, 2.75) is 13.3 Å². The highest BCUT2D eigenvalue weighted by Gasteiger charge is 2.12. The van der Waals surface area contributed by atoms with Crippen LogP contribution in [0.5, 0.6) is 0 Å². The minimum atomic E-state index is -0.528. The maximum absolute atomic E-state index is 10.7. The summed E-state index contributed by atoms with van der Waals surface area (Å²) >= 11 is 0. The van der Waals surface area contributed by atoms with E-state index in [2.05, 4.69) is 10.6 Å². The van der Waals surface area contributed by atoms with Crippen molar-refractivity contribution in [2.75, 3.05) is 20.3 Å². The molecular formula is C6H14N4O3. The molecule has 13 heavy (non-hydrogen) atoms. The molecule has 0 rings (SSSR count). The van der Waals surface area contributed by atoms with Gasteiger partial charge in [0.15, 0.2) is 11.7 Å². The first-order chi connectivity index (χ1) is 6.11. The summed E-state index contributed by atoms with van der Waals surface area (Å²) in [5.41, 5.74) is 0. The number of hydrazine groups is 1. The zero-order valence-corrected chi connectivity index (χ0v) is 7.74. The van der Waals surface area contributed by atoms with Gasteiger partial charge in [-0.2, -0.15) is 0 Å². The highest BCUT2D eigenvalue weighted by molar-refractivity contribution is 5.73. The van der Waals surface area contributed by atoms with Crippen LogP contribution < -0.4 is 10.6 Å². The van der Waals surface area contributed by atoms with E-state index in [1.165, 1.54) is 7.05 Å². The van der Waals surface area contributed by atoms with Crippen molar-refractivity contribution in [3.05, 3.63) is 10.1 Å². The van der Waals surface area contributed by atoms with Gasteiger partial charge in [-0.1, -0.05) is 6.92 Å². The Morgan fingerprint density at radius 2 is 2.23 bits per heavy atom. The van der Waals surface area contributed by atoms with Gasteiger partial charge in [0.2, 0.25) is 0 Å². The number of nitrogens with zero attached hydrogens (tertiary/aromatic N) is 2. The Bertz CT molecular complexity index is 185. The van der Waals surface area contributed by atoms with Crippen molar-refractivity contribution in [3.8, 4) is 0 Å². The van der Waals surface area contributed by atoms with E-state index in [1.54, 1.807) is 0 Å². The fraction of sp³-hybridized carbons (Fsp3) is 0.833. The number of carbonyl (C=O) groups excluding carboxylic acids is 1. The van der Waals surface area contributed by atoms with Crippen molar-refractivity contribution in [1.82, 2.24) is 15.6 Å². The molecule has 2 N–H and O–H groups in total. The maximum atomic E-state index is 10.7. The van der Waals surface area contributed by atoms with Crippen molar-refractivity contribution < 1.29 is 9.83 Å². The predicted octanol–water partition coefficient (Wildman–Crippen LogP) is -0.223. The highest BCUT2D eigenvalue weighted by atomic mass is 16.7. The molecule has 0 saturated heterocycles. The van der Waals surface area contributed by atoms with Crippen molar-refractivity contribution >= 4 is 6.03 Å². The second-order valence-electron chi connectivity index (χ2n) is 2.38. The lowest BCUT2D eigenvalue weighted by atomic mass is 10.5. The molecule has 0 aliphatic heterocycles. The van der Waals surface area contributed by atoms with Crippen LogP contribution in [0.4, 0.5) is 4.79 Å². The van der Waals surface area contributed by atoms with Crippen LogP contribution in [0, 0.1) is 10.1 Å². The third kappa shape index (κ3) is 4.83. The molecule has 76 valence electrons. The lowest BCUT2D eigenvalue weighted by Gasteiger charge is -2.13. The van der Waals surface area contributed by atoms with E-state index in [-0.39, 0.29) is 6.67 Å². The van der Waals surface area contributed by atoms with Gasteiger partial charge in [-0.15, -0.1) is 5.01 Å². The van der Waals surface area contributed by atoms with Crippen LogP contribution in [-0.4, -0.2) is 36.3 Å². The van der Waals surface area contributed by atoms with E-state index in [1.807, 2.05) is 6.92 Å². The Labute approximate surface area is 76.2 Å². The van der Waals surface area contributed by atoms with Crippen LogP contribution >= 0.6 is 0 Å². The van der Waals surface area contributed by atoms with E-state index in [9.17, 15) is 14.9 Å². The molecule has 0 aromatic heterocycles. The number of hydrogen-bond acceptors (Lipinski definition) is 3. The number of amides is 2. The third-order valence-corrected chi connectivity index (χ3v) is 1.36. The van der Waals surface area contributed by atoms with Gasteiger partial charge in [-0.3, -0.25) is 0 Å². The molecule has 0 unspecified atom stereocenters. The SMILES string of the molecule is CCCN(CNC(=O)NC)[N+](=O)[O-]. The van der Waals surface area contributed by atoms with Gasteiger partial charge in [0.25, 0.3) is 0 Å². The van der Waals surface area contributed by atoms with Gasteiger partial charge in [0.05, 0.1) is 6.54 Å². The molecular weight excluding hydrogens is 176 g/mol. The van der Waals surface area contributed by atoms with Crippen LogP contribution in [0.15, 0.2) is 0 Å². The summed E-state index contributed by atoms with van der Waals surface area (Å²) in [6.45, 7) is 2.06. The number of rotatable bonds is 5. The van der Waals surface area contributed by atoms with Gasteiger partial charge in [-0.05, 0) is 6.42 Å². The zero-order chi connectivity index (χ0) is 10.3. The topological polar surface area (TPSA) is 87.5 Å². The molecule has 0 fully saturated rings. The first-order valence-corrected chi connectivity index (χ1v) is 3.96. The third-order valence-electron chi connectivity index (χ3n) is 1.36. The lowest BCUT2D eigenvalue weighted by molar-refractivity contribution is -0.656. The lowest BCUT2D eigenvalue weighted by Crippen LogP contribution is -2.44. The summed E-state index contributed by atoms with van der Waals surface area (Å²) in [6, 6.07) is -0.428. The van der Waals surface area contributed by atoms with Crippen LogP contribution in [-0.2, 0) is 0 Å². The Morgan fingerprint density at radius 1 is 1.62 bits per heavy atom. The smallest absolute Gasteiger partial charge is 0.316 e. The van der Waals surface area contributed by atoms with Crippen LogP contribution in [0.25, 0.3) is 0 Å². The monoisotopic (exact) mass is 190 g/mol. The maximum Gasteiger partial charge on any atom is 0.316 e. The molecule has 0 aliphatic carbocycles. The fourth-order valence-electron chi connectivity index (χ4n) is 0.728. The summed E-state index contributed by atoms with van der Waals surface area (Å²) in [5.74, 6) is 0. The molecule has 0 heterocycles. The average Bonchev–Trinajstić information content (AvgIpc) is 2.11. The second-order valence-corrected chi connectivity index (χ2v) is 2.38. The van der Waals surface area contributed by atoms with E-state index in [0.717, 1.165) is 5.01 Å². The summed E-state index contributed by atoms with van der Waals surface area (Å²) in [5, 5.41) is 15.4. The Balaban J connectivity index is 3.82. The number of urea groups is 1. The fourth-order valence-corrected chi connectivity index (χ4v) is 0.728. The van der Waals surface area contributed by atoms with Crippen molar-refractivity contribution in [3.63, 3.8) is 0 Å². The summed E-state index contributed by atoms with van der Waals surface area (Å²) in [4.78, 5) is 21.0. The largest absolute Gasteiger partial charge is 0.341 e. The first-order valence-electron chi connectivity index (χ1n) is 3.96. The average molecular weight is 190 g/mol. The molecule has 0 saturated carbocycles.